The Hall–Kier alpha value is -0.990. The molecule has 0 aromatic heterocycles. The molecular weight excluding hydrogens is 314 g/mol. The number of likely N-dealkylation sites (N-methyl/N-ethyl adjacent to an activating group) is 1. The van der Waals surface area contributed by atoms with Crippen molar-refractivity contribution in [3.63, 3.8) is 0 Å². The number of hydrogen-bond donors (Lipinski definition) is 3. The monoisotopic (exact) mass is 339 g/mol. The Labute approximate surface area is 138 Å². The first kappa shape index (κ1) is 16.9. The lowest BCUT2D eigenvalue weighted by Gasteiger charge is -2.40. The van der Waals surface area contributed by atoms with Gasteiger partial charge in [-0.05, 0) is 63.0 Å². The third-order valence-corrected chi connectivity index (χ3v) is 5.90. The van der Waals surface area contributed by atoms with Gasteiger partial charge in [-0.3, -0.25) is 4.55 Å². The molecule has 6 nitrogen and oxygen atoms in total. The maximum atomic E-state index is 11.6. The van der Waals surface area contributed by atoms with Crippen molar-refractivity contribution in [3.05, 3.63) is 34.9 Å². The Morgan fingerprint density at radius 2 is 2.17 bits per heavy atom. The number of fused-ring (bicyclic) bond motifs is 1. The molecule has 2 heterocycles. The van der Waals surface area contributed by atoms with Crippen molar-refractivity contribution in [2.45, 2.75) is 44.3 Å². The number of nitrogens with zero attached hydrogens (tertiary/aromatic N) is 1. The van der Waals surface area contributed by atoms with Crippen molar-refractivity contribution in [1.82, 2.24) is 14.9 Å². The fourth-order valence-corrected chi connectivity index (χ4v) is 4.82. The Kier molecular flexibility index (Phi) is 4.50. The number of likely N-dealkylation sites (tertiary alicyclic amines) is 1. The van der Waals surface area contributed by atoms with Crippen LogP contribution in [0.3, 0.4) is 0 Å². The minimum absolute atomic E-state index is 0.0130. The van der Waals surface area contributed by atoms with Gasteiger partial charge in [-0.2, -0.15) is 13.1 Å². The van der Waals surface area contributed by atoms with Crippen molar-refractivity contribution in [2.75, 3.05) is 20.1 Å². The van der Waals surface area contributed by atoms with E-state index in [9.17, 15) is 13.0 Å². The zero-order valence-electron chi connectivity index (χ0n) is 13.7. The molecule has 1 aromatic rings. The smallest absolute Gasteiger partial charge is 0.312 e. The quantitative estimate of drug-likeness (QED) is 0.714. The van der Waals surface area contributed by atoms with Gasteiger partial charge >= 0.3 is 10.3 Å². The number of hydrogen-bond acceptors (Lipinski definition) is 4. The molecule has 0 bridgehead atoms. The van der Waals surface area contributed by atoms with Crippen LogP contribution < -0.4 is 10.0 Å². The van der Waals surface area contributed by atoms with Crippen molar-refractivity contribution in [1.29, 1.82) is 0 Å². The summed E-state index contributed by atoms with van der Waals surface area (Å²) in [6.07, 6.45) is 2.91. The van der Waals surface area contributed by atoms with Gasteiger partial charge in [-0.15, -0.1) is 0 Å². The second-order valence-corrected chi connectivity index (χ2v) is 7.98. The summed E-state index contributed by atoms with van der Waals surface area (Å²) in [6.45, 7) is 4.56. The predicted octanol–water partition coefficient (Wildman–Crippen LogP) is 1.03. The van der Waals surface area contributed by atoms with Crippen LogP contribution >= 0.6 is 0 Å². The fourth-order valence-electron chi connectivity index (χ4n) is 4.03. The van der Waals surface area contributed by atoms with Crippen LogP contribution in [0.1, 0.15) is 36.5 Å². The largest absolute Gasteiger partial charge is 0.334 e. The van der Waals surface area contributed by atoms with Gasteiger partial charge in [0.15, 0.2) is 0 Å². The van der Waals surface area contributed by atoms with E-state index in [0.29, 0.717) is 0 Å². The molecule has 2 aliphatic heterocycles. The zero-order chi connectivity index (χ0) is 16.7. The first-order valence-corrected chi connectivity index (χ1v) is 9.53. The van der Waals surface area contributed by atoms with Gasteiger partial charge in [0.1, 0.15) is 0 Å². The molecule has 128 valence electrons. The zero-order valence-corrected chi connectivity index (χ0v) is 14.5. The van der Waals surface area contributed by atoms with Crippen molar-refractivity contribution < 1.29 is 13.0 Å². The van der Waals surface area contributed by atoms with E-state index < -0.39 is 15.8 Å². The van der Waals surface area contributed by atoms with E-state index in [-0.39, 0.29) is 6.04 Å². The Morgan fingerprint density at radius 3 is 2.83 bits per heavy atom. The summed E-state index contributed by atoms with van der Waals surface area (Å²) >= 11 is 0. The molecule has 1 saturated heterocycles. The highest BCUT2D eigenvalue weighted by Gasteiger charge is 2.43. The molecule has 0 spiro atoms. The van der Waals surface area contributed by atoms with Gasteiger partial charge < -0.3 is 10.2 Å². The van der Waals surface area contributed by atoms with E-state index in [1.54, 1.807) is 0 Å². The maximum Gasteiger partial charge on any atom is 0.334 e. The molecule has 2 unspecified atom stereocenters. The van der Waals surface area contributed by atoms with Crippen LogP contribution in [0.15, 0.2) is 18.2 Å². The van der Waals surface area contributed by atoms with Crippen molar-refractivity contribution in [3.8, 4) is 0 Å². The summed E-state index contributed by atoms with van der Waals surface area (Å²) in [5.74, 6) is 0. The van der Waals surface area contributed by atoms with Crippen LogP contribution in [0.4, 0.5) is 0 Å². The third-order valence-electron chi connectivity index (χ3n) is 5.22. The van der Waals surface area contributed by atoms with Gasteiger partial charge in [0.25, 0.3) is 0 Å². The van der Waals surface area contributed by atoms with Crippen LogP contribution in [0.25, 0.3) is 0 Å². The van der Waals surface area contributed by atoms with Gasteiger partial charge in [-0.1, -0.05) is 18.2 Å². The lowest BCUT2D eigenvalue weighted by molar-refractivity contribution is 0.187. The molecule has 3 rings (SSSR count). The summed E-state index contributed by atoms with van der Waals surface area (Å²) in [5, 5.41) is 3.35. The van der Waals surface area contributed by atoms with Gasteiger partial charge in [0, 0.05) is 12.6 Å². The standard InChI is InChI=1S/C16H25N3O3S/c1-16(18-23(20,21)22,15-4-3-9-19(15)2)14-6-5-12-7-8-17-11-13(12)10-14/h5-6,10,15,17-18H,3-4,7-9,11H2,1-2H3,(H,20,21,22). The normalized spacial score (nSPS) is 25.1. The molecule has 0 aliphatic carbocycles. The highest BCUT2D eigenvalue weighted by atomic mass is 32.2. The minimum Gasteiger partial charge on any atom is -0.312 e. The SMILES string of the molecule is CN1CCCC1C(C)(NS(=O)(=O)O)c1ccc2c(c1)CNCC2. The summed E-state index contributed by atoms with van der Waals surface area (Å²) in [5.41, 5.74) is 2.56. The lowest BCUT2D eigenvalue weighted by atomic mass is 9.82. The Bertz CT molecular complexity index is 692. The molecule has 7 heteroatoms. The Balaban J connectivity index is 2.04. The van der Waals surface area contributed by atoms with E-state index in [1.165, 1.54) is 11.1 Å². The maximum absolute atomic E-state index is 11.6. The van der Waals surface area contributed by atoms with E-state index in [1.807, 2.05) is 20.0 Å². The molecule has 3 N–H and O–H groups in total. The van der Waals surface area contributed by atoms with E-state index in [4.69, 9.17) is 0 Å². The summed E-state index contributed by atoms with van der Waals surface area (Å²) in [7, 11) is -2.30. The molecule has 23 heavy (non-hydrogen) atoms. The Morgan fingerprint density at radius 1 is 1.39 bits per heavy atom. The summed E-state index contributed by atoms with van der Waals surface area (Å²) < 4.78 is 35.1. The minimum atomic E-state index is -4.30. The third kappa shape index (κ3) is 3.44. The van der Waals surface area contributed by atoms with Gasteiger partial charge in [0.05, 0.1) is 5.54 Å². The summed E-state index contributed by atoms with van der Waals surface area (Å²) in [6, 6.07) is 6.17. The number of benzene rings is 1. The molecule has 1 aromatic carbocycles. The molecule has 2 aliphatic rings. The number of rotatable bonds is 4. The van der Waals surface area contributed by atoms with Crippen molar-refractivity contribution >= 4 is 10.3 Å². The lowest BCUT2D eigenvalue weighted by Crippen LogP contribution is -2.55. The molecule has 0 amide bonds. The second kappa shape index (κ2) is 6.14. The van der Waals surface area contributed by atoms with E-state index in [0.717, 1.165) is 44.5 Å². The fraction of sp³-hybridized carbons (Fsp3) is 0.625. The molecule has 0 saturated carbocycles. The summed E-state index contributed by atoms with van der Waals surface area (Å²) in [4.78, 5) is 2.16. The molecule has 2 atom stereocenters. The molecule has 1 fully saturated rings. The van der Waals surface area contributed by atoms with Crippen molar-refractivity contribution in [2.24, 2.45) is 0 Å². The molecule has 0 radical (unpaired) electrons. The highest BCUT2D eigenvalue weighted by molar-refractivity contribution is 7.83. The second-order valence-electron chi connectivity index (χ2n) is 6.83. The van der Waals surface area contributed by atoms with Crippen LogP contribution in [-0.2, 0) is 28.8 Å². The van der Waals surface area contributed by atoms with Crippen LogP contribution in [-0.4, -0.2) is 44.0 Å². The molecular formula is C16H25N3O3S. The van der Waals surface area contributed by atoms with Gasteiger partial charge in [0.2, 0.25) is 0 Å². The van der Waals surface area contributed by atoms with Crippen LogP contribution in [0.5, 0.6) is 0 Å². The highest BCUT2D eigenvalue weighted by Crippen LogP contribution is 2.35. The van der Waals surface area contributed by atoms with Crippen LogP contribution in [0.2, 0.25) is 0 Å². The van der Waals surface area contributed by atoms with E-state index in [2.05, 4.69) is 27.1 Å². The van der Waals surface area contributed by atoms with Crippen LogP contribution in [0, 0.1) is 0 Å². The average Bonchev–Trinajstić information content (AvgIpc) is 2.92. The first-order chi connectivity index (χ1) is 10.8. The predicted molar refractivity (Wildman–Crippen MR) is 89.5 cm³/mol. The van der Waals surface area contributed by atoms with E-state index >= 15 is 0 Å². The number of nitrogens with one attached hydrogen (secondary N) is 2. The first-order valence-electron chi connectivity index (χ1n) is 8.09. The average molecular weight is 339 g/mol. The van der Waals surface area contributed by atoms with Gasteiger partial charge in [-0.25, -0.2) is 0 Å². The topological polar surface area (TPSA) is 81.7 Å².